The molecule has 1 aromatic rings. The first kappa shape index (κ1) is 10.4. The molecule has 3 nitrogen and oxygen atoms in total. The lowest BCUT2D eigenvalue weighted by Crippen LogP contribution is -2.31. The molecule has 2 heterocycles. The standard InChI is InChI=1S/C11H14N2OS/c1-6(2)9-11(14)13-10(12-9)8-5-15-4-7(8)3/h4-6,9H,1-3H3,(H,12,13,14). The first-order valence-electron chi connectivity index (χ1n) is 5.01. The summed E-state index contributed by atoms with van der Waals surface area (Å²) in [5.41, 5.74) is 2.22. The second-order valence-electron chi connectivity index (χ2n) is 4.12. The molecule has 0 bridgehead atoms. The van der Waals surface area contributed by atoms with E-state index in [2.05, 4.69) is 15.7 Å². The topological polar surface area (TPSA) is 41.5 Å². The molecule has 1 unspecified atom stereocenters. The minimum absolute atomic E-state index is 0.0191. The molecule has 0 fully saturated rings. The van der Waals surface area contributed by atoms with E-state index in [4.69, 9.17) is 0 Å². The summed E-state index contributed by atoms with van der Waals surface area (Å²) in [5, 5.41) is 6.93. The zero-order chi connectivity index (χ0) is 11.0. The fourth-order valence-corrected chi connectivity index (χ4v) is 2.45. The molecular weight excluding hydrogens is 208 g/mol. The lowest BCUT2D eigenvalue weighted by Gasteiger charge is -2.06. The molecule has 0 radical (unpaired) electrons. The van der Waals surface area contributed by atoms with Crippen molar-refractivity contribution in [3.63, 3.8) is 0 Å². The van der Waals surface area contributed by atoms with E-state index in [9.17, 15) is 4.79 Å². The summed E-state index contributed by atoms with van der Waals surface area (Å²) in [6.45, 7) is 6.05. The maximum atomic E-state index is 11.6. The largest absolute Gasteiger partial charge is 0.309 e. The van der Waals surface area contributed by atoms with E-state index in [1.54, 1.807) is 11.3 Å². The van der Waals surface area contributed by atoms with Crippen molar-refractivity contribution in [3.05, 3.63) is 21.9 Å². The number of thiophene rings is 1. The van der Waals surface area contributed by atoms with Crippen molar-refractivity contribution >= 4 is 23.1 Å². The van der Waals surface area contributed by atoms with Crippen molar-refractivity contribution in [1.82, 2.24) is 5.32 Å². The van der Waals surface area contributed by atoms with Crippen molar-refractivity contribution in [2.24, 2.45) is 10.9 Å². The summed E-state index contributed by atoms with van der Waals surface area (Å²) < 4.78 is 0. The Morgan fingerprint density at radius 1 is 1.47 bits per heavy atom. The molecule has 1 amide bonds. The summed E-state index contributed by atoms with van der Waals surface area (Å²) in [6, 6.07) is -0.223. The van der Waals surface area contributed by atoms with Gasteiger partial charge in [-0.15, -0.1) is 0 Å². The highest BCUT2D eigenvalue weighted by Crippen LogP contribution is 2.19. The van der Waals surface area contributed by atoms with Crippen molar-refractivity contribution in [1.29, 1.82) is 0 Å². The molecule has 80 valence electrons. The number of rotatable bonds is 2. The normalized spacial score (nSPS) is 20.7. The molecule has 0 aromatic carbocycles. The van der Waals surface area contributed by atoms with Crippen LogP contribution in [-0.4, -0.2) is 17.8 Å². The van der Waals surface area contributed by atoms with Crippen LogP contribution in [0.5, 0.6) is 0 Å². The number of nitrogens with one attached hydrogen (secondary N) is 1. The van der Waals surface area contributed by atoms with Crippen LogP contribution in [0, 0.1) is 12.8 Å². The first-order valence-corrected chi connectivity index (χ1v) is 5.95. The first-order chi connectivity index (χ1) is 7.09. The van der Waals surface area contributed by atoms with Crippen molar-refractivity contribution < 1.29 is 4.79 Å². The number of aryl methyl sites for hydroxylation is 1. The lowest BCUT2D eigenvalue weighted by molar-refractivity contribution is -0.120. The van der Waals surface area contributed by atoms with Crippen molar-refractivity contribution in [2.75, 3.05) is 0 Å². The highest BCUT2D eigenvalue weighted by atomic mass is 32.1. The Bertz CT molecular complexity index is 420. The van der Waals surface area contributed by atoms with Gasteiger partial charge in [-0.25, -0.2) is 0 Å². The molecule has 0 aliphatic carbocycles. The molecular formula is C11H14N2OS. The number of carbonyl (C=O) groups excluding carboxylic acids is 1. The average molecular weight is 222 g/mol. The summed E-state index contributed by atoms with van der Waals surface area (Å²) in [4.78, 5) is 16.0. The van der Waals surface area contributed by atoms with Gasteiger partial charge in [0.2, 0.25) is 0 Å². The van der Waals surface area contributed by atoms with Gasteiger partial charge in [0.05, 0.1) is 0 Å². The van der Waals surface area contributed by atoms with Crippen molar-refractivity contribution in [3.8, 4) is 0 Å². The van der Waals surface area contributed by atoms with Gasteiger partial charge in [-0.2, -0.15) is 11.3 Å². The molecule has 0 spiro atoms. The third-order valence-corrected chi connectivity index (χ3v) is 3.38. The van der Waals surface area contributed by atoms with Crippen LogP contribution in [0.2, 0.25) is 0 Å². The molecule has 2 rings (SSSR count). The van der Waals surface area contributed by atoms with E-state index >= 15 is 0 Å². The number of hydrogen-bond acceptors (Lipinski definition) is 3. The van der Waals surface area contributed by atoms with Gasteiger partial charge in [0.1, 0.15) is 11.9 Å². The van der Waals surface area contributed by atoms with Crippen LogP contribution in [0.25, 0.3) is 0 Å². The van der Waals surface area contributed by atoms with Gasteiger partial charge in [-0.05, 0) is 23.8 Å². The minimum Gasteiger partial charge on any atom is -0.309 e. The Morgan fingerprint density at radius 2 is 2.20 bits per heavy atom. The van der Waals surface area contributed by atoms with Crippen LogP contribution in [0.3, 0.4) is 0 Å². The monoisotopic (exact) mass is 222 g/mol. The highest BCUT2D eigenvalue weighted by Gasteiger charge is 2.29. The minimum atomic E-state index is -0.223. The Morgan fingerprint density at radius 3 is 2.67 bits per heavy atom. The summed E-state index contributed by atoms with van der Waals surface area (Å²) >= 11 is 1.63. The van der Waals surface area contributed by atoms with Crippen LogP contribution in [-0.2, 0) is 4.79 Å². The molecule has 1 atom stereocenters. The molecule has 1 aromatic heterocycles. The van der Waals surface area contributed by atoms with Gasteiger partial charge in [0.15, 0.2) is 0 Å². The van der Waals surface area contributed by atoms with Crippen LogP contribution in [0.4, 0.5) is 0 Å². The molecule has 0 saturated carbocycles. The number of nitrogens with zero attached hydrogens (tertiary/aromatic N) is 1. The smallest absolute Gasteiger partial charge is 0.250 e. The molecule has 0 saturated heterocycles. The lowest BCUT2D eigenvalue weighted by atomic mass is 10.1. The van der Waals surface area contributed by atoms with Crippen molar-refractivity contribution in [2.45, 2.75) is 26.8 Å². The maximum absolute atomic E-state index is 11.6. The van der Waals surface area contributed by atoms with Gasteiger partial charge < -0.3 is 5.32 Å². The summed E-state index contributed by atoms with van der Waals surface area (Å²) in [6.07, 6.45) is 0. The van der Waals surface area contributed by atoms with Crippen LogP contribution >= 0.6 is 11.3 Å². The molecule has 15 heavy (non-hydrogen) atoms. The van der Waals surface area contributed by atoms with E-state index in [-0.39, 0.29) is 17.9 Å². The third-order valence-electron chi connectivity index (χ3n) is 2.52. The Kier molecular flexibility index (Phi) is 2.61. The molecule has 4 heteroatoms. The Hall–Kier alpha value is -1.16. The second-order valence-corrected chi connectivity index (χ2v) is 4.87. The predicted molar refractivity (Wildman–Crippen MR) is 62.4 cm³/mol. The average Bonchev–Trinajstić information content (AvgIpc) is 2.71. The van der Waals surface area contributed by atoms with Gasteiger partial charge in [-0.1, -0.05) is 13.8 Å². The summed E-state index contributed by atoms with van der Waals surface area (Å²) in [7, 11) is 0. The van der Waals surface area contributed by atoms with Crippen LogP contribution in [0.1, 0.15) is 25.0 Å². The zero-order valence-corrected chi connectivity index (χ0v) is 9.89. The predicted octanol–water partition coefficient (Wildman–Crippen LogP) is 1.96. The van der Waals surface area contributed by atoms with Gasteiger partial charge >= 0.3 is 0 Å². The zero-order valence-electron chi connectivity index (χ0n) is 9.07. The SMILES string of the molecule is Cc1cscc1C1=NC(C(C)C)C(=O)N1. The molecule has 1 aliphatic rings. The van der Waals surface area contributed by atoms with Gasteiger partial charge in [-0.3, -0.25) is 9.79 Å². The van der Waals surface area contributed by atoms with Crippen LogP contribution in [0.15, 0.2) is 15.8 Å². The Labute approximate surface area is 93.2 Å². The summed E-state index contributed by atoms with van der Waals surface area (Å²) in [5.74, 6) is 1.00. The highest BCUT2D eigenvalue weighted by molar-refractivity contribution is 7.08. The van der Waals surface area contributed by atoms with Gasteiger partial charge in [0.25, 0.3) is 5.91 Å². The van der Waals surface area contributed by atoms with E-state index in [1.165, 1.54) is 5.56 Å². The number of hydrogen-bond donors (Lipinski definition) is 1. The fraction of sp³-hybridized carbons (Fsp3) is 0.455. The number of carbonyl (C=O) groups is 1. The fourth-order valence-electron chi connectivity index (χ4n) is 1.61. The number of amidine groups is 1. The van der Waals surface area contributed by atoms with E-state index in [1.807, 2.05) is 26.2 Å². The second kappa shape index (κ2) is 3.77. The Balaban J connectivity index is 2.30. The quantitative estimate of drug-likeness (QED) is 0.816. The van der Waals surface area contributed by atoms with E-state index in [0.29, 0.717) is 0 Å². The molecule has 1 aliphatic heterocycles. The maximum Gasteiger partial charge on any atom is 0.250 e. The number of amides is 1. The van der Waals surface area contributed by atoms with E-state index < -0.39 is 0 Å². The third kappa shape index (κ3) is 1.81. The van der Waals surface area contributed by atoms with Gasteiger partial charge in [0, 0.05) is 10.9 Å². The number of aliphatic imine (C=N–C) groups is 1. The molecule has 1 N–H and O–H groups in total. The van der Waals surface area contributed by atoms with Crippen LogP contribution < -0.4 is 5.32 Å². The van der Waals surface area contributed by atoms with E-state index in [0.717, 1.165) is 11.4 Å².